The number of hydrogen-bond acceptors (Lipinski definition) is 6. The van der Waals surface area contributed by atoms with Crippen molar-refractivity contribution in [2.24, 2.45) is 0 Å². The Morgan fingerprint density at radius 3 is 2.17 bits per heavy atom. The number of pyridine rings is 1. The van der Waals surface area contributed by atoms with Gasteiger partial charge in [0.2, 0.25) is 5.91 Å². The summed E-state index contributed by atoms with van der Waals surface area (Å²) in [5.74, 6) is -2.10. The number of nitrogens with zero attached hydrogens (tertiary/aromatic N) is 5. The van der Waals surface area contributed by atoms with Crippen LogP contribution < -0.4 is 5.32 Å². The zero-order valence-electron chi connectivity index (χ0n) is 16.1. The second-order valence-electron chi connectivity index (χ2n) is 6.00. The summed E-state index contributed by atoms with van der Waals surface area (Å²) >= 11 is 0. The highest BCUT2D eigenvalue weighted by atomic mass is 19.4. The van der Waals surface area contributed by atoms with Gasteiger partial charge in [-0.15, -0.1) is 0 Å². The van der Waals surface area contributed by atoms with Gasteiger partial charge in [0.1, 0.15) is 5.82 Å². The number of carbonyl (C=O) groups is 2. The summed E-state index contributed by atoms with van der Waals surface area (Å²) in [4.78, 5) is 33.2. The highest BCUT2D eigenvalue weighted by Gasteiger charge is 2.38. The minimum Gasteiger partial charge on any atom is -0.475 e. The SMILES string of the molecule is CC(=O)Nc1cc(-c2ccncc2)nc(-n2nc(C)cc2C)n1.O=C(O)C(F)(F)F. The molecule has 9 nitrogen and oxygen atoms in total. The van der Waals surface area contributed by atoms with Gasteiger partial charge < -0.3 is 10.4 Å². The number of carbonyl (C=O) groups excluding carboxylic acids is 1. The molecular weight excluding hydrogens is 405 g/mol. The molecule has 3 rings (SSSR count). The Hall–Kier alpha value is -3.83. The fourth-order valence-electron chi connectivity index (χ4n) is 2.28. The second kappa shape index (κ2) is 9.11. The van der Waals surface area contributed by atoms with E-state index in [0.717, 1.165) is 17.0 Å². The molecule has 0 radical (unpaired) electrons. The van der Waals surface area contributed by atoms with Crippen LogP contribution in [0.3, 0.4) is 0 Å². The molecule has 0 aliphatic rings. The highest BCUT2D eigenvalue weighted by molar-refractivity contribution is 5.88. The summed E-state index contributed by atoms with van der Waals surface area (Å²) < 4.78 is 33.4. The van der Waals surface area contributed by atoms with E-state index in [0.29, 0.717) is 17.5 Å². The maximum atomic E-state index is 11.4. The van der Waals surface area contributed by atoms with E-state index >= 15 is 0 Å². The van der Waals surface area contributed by atoms with Gasteiger partial charge in [-0.25, -0.2) is 14.5 Å². The second-order valence-corrected chi connectivity index (χ2v) is 6.00. The number of nitrogens with one attached hydrogen (secondary N) is 1. The molecule has 12 heteroatoms. The van der Waals surface area contributed by atoms with Gasteiger partial charge in [0.05, 0.1) is 11.4 Å². The van der Waals surface area contributed by atoms with Gasteiger partial charge in [-0.05, 0) is 32.0 Å². The van der Waals surface area contributed by atoms with Crippen molar-refractivity contribution in [1.29, 1.82) is 0 Å². The number of anilines is 1. The molecule has 0 bridgehead atoms. The molecule has 0 saturated heterocycles. The van der Waals surface area contributed by atoms with Crippen LogP contribution in [0.2, 0.25) is 0 Å². The maximum absolute atomic E-state index is 11.4. The lowest BCUT2D eigenvalue weighted by Crippen LogP contribution is -2.21. The molecule has 0 aromatic carbocycles. The van der Waals surface area contributed by atoms with Crippen molar-refractivity contribution in [2.45, 2.75) is 26.9 Å². The Balaban J connectivity index is 0.000000396. The van der Waals surface area contributed by atoms with E-state index in [9.17, 15) is 18.0 Å². The quantitative estimate of drug-likeness (QED) is 0.665. The minimum absolute atomic E-state index is 0.191. The van der Waals surface area contributed by atoms with Crippen molar-refractivity contribution in [3.63, 3.8) is 0 Å². The third-order valence-corrected chi connectivity index (χ3v) is 3.44. The van der Waals surface area contributed by atoms with E-state index in [-0.39, 0.29) is 5.91 Å². The Bertz CT molecular complexity index is 1050. The molecule has 0 spiro atoms. The summed E-state index contributed by atoms with van der Waals surface area (Å²) in [6.07, 6.45) is -1.70. The molecule has 0 fully saturated rings. The first-order chi connectivity index (χ1) is 14.0. The number of rotatable bonds is 3. The van der Waals surface area contributed by atoms with Crippen molar-refractivity contribution in [1.82, 2.24) is 24.7 Å². The number of aromatic nitrogens is 5. The first-order valence-electron chi connectivity index (χ1n) is 8.38. The van der Waals surface area contributed by atoms with E-state index in [1.807, 2.05) is 32.0 Å². The Morgan fingerprint density at radius 1 is 1.10 bits per heavy atom. The third-order valence-electron chi connectivity index (χ3n) is 3.44. The van der Waals surface area contributed by atoms with Crippen molar-refractivity contribution in [2.75, 3.05) is 5.32 Å². The molecule has 1 amide bonds. The lowest BCUT2D eigenvalue weighted by Gasteiger charge is -2.09. The van der Waals surface area contributed by atoms with Gasteiger partial charge in [0.15, 0.2) is 0 Å². The largest absolute Gasteiger partial charge is 0.490 e. The van der Waals surface area contributed by atoms with Crippen LogP contribution in [0.5, 0.6) is 0 Å². The number of alkyl halides is 3. The molecule has 0 aliphatic heterocycles. The van der Waals surface area contributed by atoms with Gasteiger partial charge in [-0.1, -0.05) is 0 Å². The summed E-state index contributed by atoms with van der Waals surface area (Å²) in [7, 11) is 0. The van der Waals surface area contributed by atoms with Crippen LogP contribution in [0.15, 0.2) is 36.7 Å². The van der Waals surface area contributed by atoms with Crippen LogP contribution in [0.1, 0.15) is 18.3 Å². The topological polar surface area (TPSA) is 123 Å². The Labute approximate surface area is 168 Å². The van der Waals surface area contributed by atoms with Crippen LogP contribution >= 0.6 is 0 Å². The average Bonchev–Trinajstić information content (AvgIpc) is 2.99. The van der Waals surface area contributed by atoms with Gasteiger partial charge in [-0.3, -0.25) is 9.78 Å². The highest BCUT2D eigenvalue weighted by Crippen LogP contribution is 2.21. The molecule has 3 aromatic heterocycles. The number of carboxylic acids is 1. The van der Waals surface area contributed by atoms with E-state index in [1.165, 1.54) is 6.92 Å². The van der Waals surface area contributed by atoms with E-state index in [4.69, 9.17) is 9.90 Å². The number of aryl methyl sites for hydroxylation is 2. The molecule has 0 unspecified atom stereocenters. The summed E-state index contributed by atoms with van der Waals surface area (Å²) in [5, 5.41) is 14.2. The number of hydrogen-bond donors (Lipinski definition) is 2. The van der Waals surface area contributed by atoms with Crippen LogP contribution in [0.25, 0.3) is 17.2 Å². The van der Waals surface area contributed by atoms with Crippen molar-refractivity contribution < 1.29 is 27.9 Å². The Kier molecular flexibility index (Phi) is 6.82. The lowest BCUT2D eigenvalue weighted by molar-refractivity contribution is -0.192. The van der Waals surface area contributed by atoms with Crippen molar-refractivity contribution in [3.8, 4) is 17.2 Å². The van der Waals surface area contributed by atoms with Gasteiger partial charge in [-0.2, -0.15) is 23.3 Å². The zero-order valence-corrected chi connectivity index (χ0v) is 16.1. The summed E-state index contributed by atoms with van der Waals surface area (Å²) in [5.41, 5.74) is 3.37. The maximum Gasteiger partial charge on any atom is 0.490 e. The normalized spacial score (nSPS) is 10.7. The average molecular weight is 422 g/mol. The first kappa shape index (κ1) is 22.5. The van der Waals surface area contributed by atoms with Crippen LogP contribution in [0, 0.1) is 13.8 Å². The van der Waals surface area contributed by atoms with Gasteiger partial charge in [0, 0.05) is 36.6 Å². The van der Waals surface area contributed by atoms with Crippen LogP contribution in [0.4, 0.5) is 19.0 Å². The van der Waals surface area contributed by atoms with Crippen molar-refractivity contribution >= 4 is 17.7 Å². The van der Waals surface area contributed by atoms with Crippen LogP contribution in [-0.4, -0.2) is 47.9 Å². The third kappa shape index (κ3) is 6.09. The molecule has 0 saturated carbocycles. The molecule has 2 N–H and O–H groups in total. The number of halogens is 3. The lowest BCUT2D eigenvalue weighted by atomic mass is 10.2. The smallest absolute Gasteiger partial charge is 0.475 e. The monoisotopic (exact) mass is 422 g/mol. The molecular formula is C18H17F3N6O3. The fraction of sp³-hybridized carbons (Fsp3) is 0.222. The molecule has 158 valence electrons. The predicted molar refractivity (Wildman–Crippen MR) is 99.9 cm³/mol. The summed E-state index contributed by atoms with van der Waals surface area (Å²) in [6, 6.07) is 7.38. The predicted octanol–water partition coefficient (Wildman–Crippen LogP) is 2.93. The van der Waals surface area contributed by atoms with Gasteiger partial charge >= 0.3 is 12.1 Å². The molecule has 3 heterocycles. The van der Waals surface area contributed by atoms with Gasteiger partial charge in [0.25, 0.3) is 5.95 Å². The number of amides is 1. The molecule has 3 aromatic rings. The van der Waals surface area contributed by atoms with E-state index in [1.54, 1.807) is 23.1 Å². The zero-order chi connectivity index (χ0) is 22.5. The summed E-state index contributed by atoms with van der Waals surface area (Å²) in [6.45, 7) is 5.28. The molecule has 0 aliphatic carbocycles. The first-order valence-corrected chi connectivity index (χ1v) is 8.38. The molecule has 30 heavy (non-hydrogen) atoms. The fourth-order valence-corrected chi connectivity index (χ4v) is 2.28. The van der Waals surface area contributed by atoms with E-state index in [2.05, 4.69) is 25.4 Å². The van der Waals surface area contributed by atoms with Crippen molar-refractivity contribution in [3.05, 3.63) is 48.0 Å². The number of aliphatic carboxylic acids is 1. The number of carboxylic acid groups (broad SMARTS) is 1. The standard InChI is InChI=1S/C16H16N6O.C2HF3O2/c1-10-8-11(2)22(21-10)16-19-14(13-4-6-17-7-5-13)9-15(20-16)18-12(3)23;3-2(4,5)1(6)7/h4-9H,1-3H3,(H,18,19,20,23);(H,6,7). The minimum atomic E-state index is -5.08. The van der Waals surface area contributed by atoms with E-state index < -0.39 is 12.1 Å². The Morgan fingerprint density at radius 2 is 1.70 bits per heavy atom. The molecule has 0 atom stereocenters. The van der Waals surface area contributed by atoms with Crippen LogP contribution in [-0.2, 0) is 9.59 Å².